The number of alkyl halides is 3. The molecule has 106 valence electrons. The van der Waals surface area contributed by atoms with Crippen LogP contribution in [0.5, 0.6) is 5.75 Å². The van der Waals surface area contributed by atoms with E-state index in [1.54, 1.807) is 0 Å². The highest BCUT2D eigenvalue weighted by atomic mass is 35.5. The number of nitrogens with one attached hydrogen (secondary N) is 1. The molecule has 0 fully saturated rings. The molecular formula is C11H6ClF4N3O. The third-order valence-electron chi connectivity index (χ3n) is 2.08. The minimum absolute atomic E-state index is 0.113. The summed E-state index contributed by atoms with van der Waals surface area (Å²) in [6, 6.07) is 5.15. The number of benzene rings is 1. The predicted octanol–water partition coefficient (Wildman–Crippen LogP) is 3.91. The lowest BCUT2D eigenvalue weighted by molar-refractivity contribution is -0.274. The number of hydrogen-bond acceptors (Lipinski definition) is 4. The summed E-state index contributed by atoms with van der Waals surface area (Å²) in [5.74, 6) is -1.74. The van der Waals surface area contributed by atoms with Crippen molar-refractivity contribution in [3.05, 3.63) is 41.6 Å². The predicted molar refractivity (Wildman–Crippen MR) is 63.4 cm³/mol. The minimum atomic E-state index is -4.86. The van der Waals surface area contributed by atoms with Crippen LogP contribution in [0.2, 0.25) is 5.28 Å². The summed E-state index contributed by atoms with van der Waals surface area (Å²) in [7, 11) is 0. The van der Waals surface area contributed by atoms with Gasteiger partial charge in [-0.25, -0.2) is 9.37 Å². The maximum atomic E-state index is 13.4. The zero-order valence-corrected chi connectivity index (χ0v) is 10.3. The third kappa shape index (κ3) is 3.70. The molecule has 0 amide bonds. The fraction of sp³-hybridized carbons (Fsp3) is 0.0909. The Morgan fingerprint density at radius 3 is 2.60 bits per heavy atom. The first-order valence-corrected chi connectivity index (χ1v) is 5.53. The van der Waals surface area contributed by atoms with Crippen molar-refractivity contribution in [1.82, 2.24) is 9.97 Å². The van der Waals surface area contributed by atoms with Crippen LogP contribution in [-0.2, 0) is 0 Å². The van der Waals surface area contributed by atoms with Crippen LogP contribution in [0.4, 0.5) is 29.1 Å². The van der Waals surface area contributed by atoms with Crippen LogP contribution in [0.1, 0.15) is 0 Å². The smallest absolute Gasteiger partial charge is 0.404 e. The van der Waals surface area contributed by atoms with Crippen LogP contribution in [0.3, 0.4) is 0 Å². The molecular weight excluding hydrogens is 302 g/mol. The molecule has 0 saturated carbocycles. The van der Waals surface area contributed by atoms with Crippen LogP contribution in [0.25, 0.3) is 0 Å². The molecule has 0 spiro atoms. The Morgan fingerprint density at radius 1 is 1.20 bits per heavy atom. The van der Waals surface area contributed by atoms with Gasteiger partial charge in [0.05, 0.1) is 11.9 Å². The molecule has 0 saturated heterocycles. The Bertz CT molecular complexity index is 621. The van der Waals surface area contributed by atoms with Gasteiger partial charge in [0.1, 0.15) is 0 Å². The first-order valence-electron chi connectivity index (χ1n) is 5.15. The van der Waals surface area contributed by atoms with Gasteiger partial charge in [0, 0.05) is 0 Å². The van der Waals surface area contributed by atoms with E-state index in [0.717, 1.165) is 12.3 Å². The van der Waals surface area contributed by atoms with Gasteiger partial charge >= 0.3 is 6.36 Å². The Balaban J connectivity index is 2.32. The molecule has 1 N–H and O–H groups in total. The van der Waals surface area contributed by atoms with Crippen molar-refractivity contribution in [1.29, 1.82) is 0 Å². The topological polar surface area (TPSA) is 47.0 Å². The molecule has 1 heterocycles. The molecule has 0 bridgehead atoms. The van der Waals surface area contributed by atoms with Crippen LogP contribution in [0.15, 0.2) is 30.5 Å². The lowest BCUT2D eigenvalue weighted by Crippen LogP contribution is -2.18. The summed E-state index contributed by atoms with van der Waals surface area (Å²) >= 11 is 5.49. The summed E-state index contributed by atoms with van der Waals surface area (Å²) in [6.45, 7) is 0. The highest BCUT2D eigenvalue weighted by molar-refractivity contribution is 6.28. The summed E-state index contributed by atoms with van der Waals surface area (Å²) in [5, 5.41) is 2.12. The van der Waals surface area contributed by atoms with E-state index in [9.17, 15) is 17.6 Å². The molecule has 1 aromatic carbocycles. The van der Waals surface area contributed by atoms with Crippen molar-refractivity contribution < 1.29 is 22.3 Å². The van der Waals surface area contributed by atoms with E-state index in [1.165, 1.54) is 18.2 Å². The molecule has 0 radical (unpaired) electrons. The minimum Gasteiger partial charge on any atom is -0.404 e. The maximum Gasteiger partial charge on any atom is 0.573 e. The maximum absolute atomic E-state index is 13.4. The van der Waals surface area contributed by atoms with Gasteiger partial charge in [0.25, 0.3) is 0 Å². The van der Waals surface area contributed by atoms with Gasteiger partial charge < -0.3 is 10.1 Å². The Kier molecular flexibility index (Phi) is 3.93. The van der Waals surface area contributed by atoms with Gasteiger partial charge in [0.2, 0.25) is 5.28 Å². The van der Waals surface area contributed by atoms with Crippen LogP contribution in [0, 0.1) is 5.82 Å². The van der Waals surface area contributed by atoms with Crippen molar-refractivity contribution in [2.45, 2.75) is 6.36 Å². The van der Waals surface area contributed by atoms with E-state index in [1.807, 2.05) is 0 Å². The lowest BCUT2D eigenvalue weighted by Gasteiger charge is -2.14. The molecule has 0 aliphatic heterocycles. The molecule has 0 aliphatic carbocycles. The number of halogens is 5. The largest absolute Gasteiger partial charge is 0.573 e. The summed E-state index contributed by atoms with van der Waals surface area (Å²) in [5.41, 5.74) is -0.113. The number of rotatable bonds is 3. The molecule has 0 aliphatic rings. The lowest BCUT2D eigenvalue weighted by atomic mass is 10.3. The Hall–Kier alpha value is -2.09. The highest BCUT2D eigenvalue weighted by Gasteiger charge is 2.32. The Labute approximate surface area is 115 Å². The van der Waals surface area contributed by atoms with Gasteiger partial charge in [-0.05, 0) is 23.7 Å². The number of aromatic nitrogens is 2. The second-order valence-corrected chi connectivity index (χ2v) is 3.84. The zero-order valence-electron chi connectivity index (χ0n) is 9.58. The standard InChI is InChI=1S/C11H6ClF4N3O/c12-10-17-5-6(13)9(19-10)18-7-3-1-2-4-8(7)20-11(14,15)16/h1-5H,(H,17,18,19). The fourth-order valence-electron chi connectivity index (χ4n) is 1.34. The molecule has 1 aromatic heterocycles. The average Bonchev–Trinajstić information content (AvgIpc) is 2.34. The van der Waals surface area contributed by atoms with E-state index >= 15 is 0 Å². The molecule has 0 unspecified atom stereocenters. The Morgan fingerprint density at radius 2 is 1.90 bits per heavy atom. The van der Waals surface area contributed by atoms with Crippen molar-refractivity contribution in [2.24, 2.45) is 0 Å². The summed E-state index contributed by atoms with van der Waals surface area (Å²) in [4.78, 5) is 6.93. The number of hydrogen-bond donors (Lipinski definition) is 1. The molecule has 20 heavy (non-hydrogen) atoms. The van der Waals surface area contributed by atoms with Crippen LogP contribution >= 0.6 is 11.6 Å². The zero-order chi connectivity index (χ0) is 14.8. The second-order valence-electron chi connectivity index (χ2n) is 3.50. The van der Waals surface area contributed by atoms with Crippen molar-refractivity contribution >= 4 is 23.1 Å². The van der Waals surface area contributed by atoms with Gasteiger partial charge in [-0.2, -0.15) is 4.98 Å². The van der Waals surface area contributed by atoms with Gasteiger partial charge in [0.15, 0.2) is 17.4 Å². The van der Waals surface area contributed by atoms with E-state index in [-0.39, 0.29) is 16.8 Å². The summed E-state index contributed by atoms with van der Waals surface area (Å²) < 4.78 is 53.9. The third-order valence-corrected chi connectivity index (χ3v) is 2.26. The van der Waals surface area contributed by atoms with Crippen molar-refractivity contribution in [3.8, 4) is 5.75 Å². The monoisotopic (exact) mass is 307 g/mol. The molecule has 4 nitrogen and oxygen atoms in total. The average molecular weight is 308 g/mol. The van der Waals surface area contributed by atoms with E-state index < -0.39 is 17.9 Å². The van der Waals surface area contributed by atoms with Crippen molar-refractivity contribution in [2.75, 3.05) is 5.32 Å². The SMILES string of the molecule is Fc1cnc(Cl)nc1Nc1ccccc1OC(F)(F)F. The van der Waals surface area contributed by atoms with Gasteiger partial charge in [-0.1, -0.05) is 12.1 Å². The first-order chi connectivity index (χ1) is 9.35. The number of anilines is 2. The molecule has 0 atom stereocenters. The first kappa shape index (κ1) is 14.3. The van der Waals surface area contributed by atoms with Gasteiger partial charge in [-0.15, -0.1) is 13.2 Å². The van der Waals surface area contributed by atoms with Gasteiger partial charge in [-0.3, -0.25) is 0 Å². The van der Waals surface area contributed by atoms with E-state index in [2.05, 4.69) is 20.0 Å². The second kappa shape index (κ2) is 5.49. The number of nitrogens with zero attached hydrogens (tertiary/aromatic N) is 2. The number of ether oxygens (including phenoxy) is 1. The highest BCUT2D eigenvalue weighted by Crippen LogP contribution is 2.32. The molecule has 2 aromatic rings. The van der Waals surface area contributed by atoms with E-state index in [4.69, 9.17) is 11.6 Å². The molecule has 9 heteroatoms. The normalized spacial score (nSPS) is 11.2. The number of para-hydroxylation sites is 2. The molecule has 2 rings (SSSR count). The van der Waals surface area contributed by atoms with Crippen LogP contribution < -0.4 is 10.1 Å². The quantitative estimate of drug-likeness (QED) is 0.690. The van der Waals surface area contributed by atoms with Crippen molar-refractivity contribution in [3.63, 3.8) is 0 Å². The fourth-order valence-corrected chi connectivity index (χ4v) is 1.48. The van der Waals surface area contributed by atoms with E-state index in [0.29, 0.717) is 0 Å². The van der Waals surface area contributed by atoms with Crippen LogP contribution in [-0.4, -0.2) is 16.3 Å². The summed E-state index contributed by atoms with van der Waals surface area (Å²) in [6.07, 6.45) is -4.06.